The van der Waals surface area contributed by atoms with Crippen molar-refractivity contribution in [2.24, 2.45) is 5.73 Å². The quantitative estimate of drug-likeness (QED) is 0.409. The summed E-state index contributed by atoms with van der Waals surface area (Å²) in [4.78, 5) is 0. The molecule has 4 heteroatoms. The SMILES string of the molecule is CC(C)NC(NCCCCCN)n1c2ccccc2c2ccccc21. The molecule has 0 aliphatic heterocycles. The molecule has 1 aromatic heterocycles. The predicted molar refractivity (Wildman–Crippen MR) is 108 cm³/mol. The van der Waals surface area contributed by atoms with Crippen LogP contribution in [-0.2, 0) is 0 Å². The van der Waals surface area contributed by atoms with Gasteiger partial charge in [-0.1, -0.05) is 42.8 Å². The number of hydrogen-bond donors (Lipinski definition) is 3. The van der Waals surface area contributed by atoms with E-state index in [2.05, 4.69) is 77.6 Å². The Balaban J connectivity index is 1.96. The van der Waals surface area contributed by atoms with E-state index < -0.39 is 0 Å². The number of nitrogens with two attached hydrogens (primary N) is 1. The number of fused-ring (bicyclic) bond motifs is 3. The average Bonchev–Trinajstić information content (AvgIpc) is 2.95. The smallest absolute Gasteiger partial charge is 0.139 e. The van der Waals surface area contributed by atoms with Gasteiger partial charge in [-0.25, -0.2) is 0 Å². The number of nitrogens with zero attached hydrogens (tertiary/aromatic N) is 1. The Kier molecular flexibility index (Phi) is 6.08. The topological polar surface area (TPSA) is 55.0 Å². The highest BCUT2D eigenvalue weighted by Crippen LogP contribution is 2.30. The number of para-hydroxylation sites is 2. The summed E-state index contributed by atoms with van der Waals surface area (Å²) in [7, 11) is 0. The average molecular weight is 338 g/mol. The zero-order valence-electron chi connectivity index (χ0n) is 15.3. The molecular formula is C21H30N4. The summed E-state index contributed by atoms with van der Waals surface area (Å²) in [5.41, 5.74) is 8.12. The number of rotatable bonds is 9. The van der Waals surface area contributed by atoms with Crippen LogP contribution in [0, 0.1) is 0 Å². The van der Waals surface area contributed by atoms with E-state index in [4.69, 9.17) is 5.73 Å². The molecule has 1 unspecified atom stereocenters. The molecule has 2 aromatic carbocycles. The van der Waals surface area contributed by atoms with Crippen molar-refractivity contribution in [3.8, 4) is 0 Å². The van der Waals surface area contributed by atoms with Gasteiger partial charge in [-0.15, -0.1) is 0 Å². The minimum Gasteiger partial charge on any atom is -0.330 e. The fraction of sp³-hybridized carbons (Fsp3) is 0.429. The summed E-state index contributed by atoms with van der Waals surface area (Å²) in [6, 6.07) is 17.7. The molecule has 0 aliphatic rings. The lowest BCUT2D eigenvalue weighted by molar-refractivity contribution is 0.317. The van der Waals surface area contributed by atoms with Crippen molar-refractivity contribution < 1.29 is 0 Å². The fourth-order valence-corrected chi connectivity index (χ4v) is 3.46. The third kappa shape index (κ3) is 4.03. The lowest BCUT2D eigenvalue weighted by Crippen LogP contribution is -2.42. The number of nitrogens with one attached hydrogen (secondary N) is 2. The van der Waals surface area contributed by atoms with E-state index in [1.807, 2.05) is 0 Å². The number of aromatic nitrogens is 1. The first-order valence-electron chi connectivity index (χ1n) is 9.39. The van der Waals surface area contributed by atoms with Crippen LogP contribution < -0.4 is 16.4 Å². The van der Waals surface area contributed by atoms with Gasteiger partial charge in [-0.2, -0.15) is 0 Å². The van der Waals surface area contributed by atoms with Gasteiger partial charge in [0, 0.05) is 16.8 Å². The van der Waals surface area contributed by atoms with Gasteiger partial charge in [0.05, 0.1) is 11.0 Å². The van der Waals surface area contributed by atoms with Crippen LogP contribution in [0.25, 0.3) is 21.8 Å². The normalized spacial score (nSPS) is 13.1. The molecule has 4 nitrogen and oxygen atoms in total. The van der Waals surface area contributed by atoms with Crippen LogP contribution in [-0.4, -0.2) is 23.7 Å². The van der Waals surface area contributed by atoms with Crippen molar-refractivity contribution in [3.63, 3.8) is 0 Å². The molecule has 134 valence electrons. The Morgan fingerprint density at radius 2 is 1.48 bits per heavy atom. The predicted octanol–water partition coefficient (Wildman–Crippen LogP) is 3.97. The molecule has 1 heterocycles. The first-order valence-corrected chi connectivity index (χ1v) is 9.39. The van der Waals surface area contributed by atoms with E-state index in [0.717, 1.165) is 25.9 Å². The molecule has 0 bridgehead atoms. The summed E-state index contributed by atoms with van der Waals surface area (Å²) in [6.45, 7) is 6.14. The first kappa shape index (κ1) is 17.9. The standard InChI is InChI=1S/C21H30N4/c1-16(2)24-21(23-15-9-3-8-14-22)25-19-12-6-4-10-17(19)18-11-5-7-13-20(18)25/h4-7,10-13,16,21,23-24H,3,8-9,14-15,22H2,1-2H3. The van der Waals surface area contributed by atoms with Crippen molar-refractivity contribution in [2.45, 2.75) is 45.4 Å². The Morgan fingerprint density at radius 1 is 0.880 bits per heavy atom. The van der Waals surface area contributed by atoms with Crippen LogP contribution >= 0.6 is 0 Å². The molecule has 0 saturated heterocycles. The van der Waals surface area contributed by atoms with Crippen molar-refractivity contribution in [1.82, 2.24) is 15.2 Å². The van der Waals surface area contributed by atoms with Gasteiger partial charge >= 0.3 is 0 Å². The van der Waals surface area contributed by atoms with Gasteiger partial charge in [0.1, 0.15) is 6.29 Å². The minimum absolute atomic E-state index is 0.0719. The molecule has 25 heavy (non-hydrogen) atoms. The van der Waals surface area contributed by atoms with E-state index >= 15 is 0 Å². The van der Waals surface area contributed by atoms with Crippen molar-refractivity contribution in [2.75, 3.05) is 13.1 Å². The van der Waals surface area contributed by atoms with Crippen LogP contribution in [0.15, 0.2) is 48.5 Å². The second-order valence-electron chi connectivity index (χ2n) is 6.93. The van der Waals surface area contributed by atoms with Crippen LogP contribution in [0.5, 0.6) is 0 Å². The van der Waals surface area contributed by atoms with Crippen molar-refractivity contribution in [1.29, 1.82) is 0 Å². The number of unbranched alkanes of at least 4 members (excludes halogenated alkanes) is 2. The maximum absolute atomic E-state index is 5.60. The molecule has 4 N–H and O–H groups in total. The van der Waals surface area contributed by atoms with E-state index in [1.165, 1.54) is 28.2 Å². The second-order valence-corrected chi connectivity index (χ2v) is 6.93. The zero-order chi connectivity index (χ0) is 17.6. The number of hydrogen-bond acceptors (Lipinski definition) is 3. The summed E-state index contributed by atoms with van der Waals surface area (Å²) in [5, 5.41) is 10.0. The molecule has 0 saturated carbocycles. The molecule has 0 radical (unpaired) electrons. The maximum Gasteiger partial charge on any atom is 0.139 e. The highest BCUT2D eigenvalue weighted by Gasteiger charge is 2.17. The van der Waals surface area contributed by atoms with Gasteiger partial charge in [0.2, 0.25) is 0 Å². The molecule has 0 aliphatic carbocycles. The molecule has 0 amide bonds. The highest BCUT2D eigenvalue weighted by atomic mass is 15.3. The largest absolute Gasteiger partial charge is 0.330 e. The summed E-state index contributed by atoms with van der Waals surface area (Å²) < 4.78 is 2.40. The third-order valence-corrected chi connectivity index (χ3v) is 4.59. The van der Waals surface area contributed by atoms with Crippen LogP contribution in [0.3, 0.4) is 0 Å². The maximum atomic E-state index is 5.60. The van der Waals surface area contributed by atoms with Crippen LogP contribution in [0.2, 0.25) is 0 Å². The Bertz CT molecular complexity index is 753. The molecule has 3 rings (SSSR count). The summed E-state index contributed by atoms with van der Waals surface area (Å²) in [5.74, 6) is 0. The first-order chi connectivity index (χ1) is 12.2. The van der Waals surface area contributed by atoms with Gasteiger partial charge in [0.25, 0.3) is 0 Å². The lowest BCUT2D eigenvalue weighted by atomic mass is 10.2. The van der Waals surface area contributed by atoms with E-state index in [0.29, 0.717) is 6.04 Å². The summed E-state index contributed by atoms with van der Waals surface area (Å²) >= 11 is 0. The van der Waals surface area contributed by atoms with E-state index in [9.17, 15) is 0 Å². The van der Waals surface area contributed by atoms with Crippen molar-refractivity contribution >= 4 is 21.8 Å². The lowest BCUT2D eigenvalue weighted by Gasteiger charge is -2.26. The van der Waals surface area contributed by atoms with Crippen LogP contribution in [0.1, 0.15) is 39.4 Å². The van der Waals surface area contributed by atoms with E-state index in [-0.39, 0.29) is 6.29 Å². The molecule has 1 atom stereocenters. The Morgan fingerprint density at radius 3 is 2.04 bits per heavy atom. The van der Waals surface area contributed by atoms with Gasteiger partial charge in [-0.3, -0.25) is 10.6 Å². The molecular weight excluding hydrogens is 308 g/mol. The van der Waals surface area contributed by atoms with Crippen molar-refractivity contribution in [3.05, 3.63) is 48.5 Å². The Labute approximate surface area is 150 Å². The van der Waals surface area contributed by atoms with Gasteiger partial charge < -0.3 is 10.3 Å². The molecule has 0 fully saturated rings. The van der Waals surface area contributed by atoms with E-state index in [1.54, 1.807) is 0 Å². The summed E-state index contributed by atoms with van der Waals surface area (Å²) in [6.07, 6.45) is 3.48. The fourth-order valence-electron chi connectivity index (χ4n) is 3.46. The minimum atomic E-state index is 0.0719. The van der Waals surface area contributed by atoms with Gasteiger partial charge in [0.15, 0.2) is 0 Å². The van der Waals surface area contributed by atoms with Gasteiger partial charge in [-0.05, 0) is 51.9 Å². The highest BCUT2D eigenvalue weighted by molar-refractivity contribution is 6.08. The number of benzene rings is 2. The monoisotopic (exact) mass is 338 g/mol. The Hall–Kier alpha value is -1.88. The molecule has 0 spiro atoms. The zero-order valence-corrected chi connectivity index (χ0v) is 15.3. The molecule has 3 aromatic rings. The van der Waals surface area contributed by atoms with Crippen LogP contribution in [0.4, 0.5) is 0 Å². The third-order valence-electron chi connectivity index (χ3n) is 4.59. The second kappa shape index (κ2) is 8.48.